The lowest BCUT2D eigenvalue weighted by atomic mass is 10.3. The number of hydrogen-bond donors (Lipinski definition) is 1. The lowest BCUT2D eigenvalue weighted by molar-refractivity contribution is 0.415. The first-order valence-corrected chi connectivity index (χ1v) is 2.92. The molecular formula is C7H9N3O. The van der Waals surface area contributed by atoms with Gasteiger partial charge < -0.3 is 10.5 Å². The van der Waals surface area contributed by atoms with Crippen LogP contribution in [0.2, 0.25) is 0 Å². The van der Waals surface area contributed by atoms with E-state index in [1.54, 1.807) is 19.2 Å². The monoisotopic (exact) mass is 151 g/mol. The summed E-state index contributed by atoms with van der Waals surface area (Å²) in [6.45, 7) is 0. The fraction of sp³-hybridized carbons (Fsp3) is 0.143. The summed E-state index contributed by atoms with van der Waals surface area (Å²) >= 11 is 0. The van der Waals surface area contributed by atoms with E-state index in [9.17, 15) is 0 Å². The third-order valence-electron chi connectivity index (χ3n) is 1.12. The Hall–Kier alpha value is -1.76. The van der Waals surface area contributed by atoms with Crippen LogP contribution in [-0.4, -0.2) is 7.11 Å². The number of ether oxygens (including phenoxy) is 1. The standard InChI is InChI=1S/C7H9NO.N2/c1-9-7-4-2-6(8)3-5-7;1-2/h2-5H,8H2,1H3;. The molecule has 1 aromatic carbocycles. The molecule has 58 valence electrons. The van der Waals surface area contributed by atoms with E-state index in [4.69, 9.17) is 21.3 Å². The minimum Gasteiger partial charge on any atom is -0.497 e. The van der Waals surface area contributed by atoms with Gasteiger partial charge in [0.2, 0.25) is 0 Å². The van der Waals surface area contributed by atoms with Gasteiger partial charge in [0, 0.05) is 16.5 Å². The van der Waals surface area contributed by atoms with Gasteiger partial charge in [-0.3, -0.25) is 0 Å². The molecule has 11 heavy (non-hydrogen) atoms. The minimum absolute atomic E-state index is 0.760. The lowest BCUT2D eigenvalue weighted by Crippen LogP contribution is -1.84. The van der Waals surface area contributed by atoms with Crippen molar-refractivity contribution >= 4 is 5.69 Å². The zero-order valence-corrected chi connectivity index (χ0v) is 6.19. The smallest absolute Gasteiger partial charge is 0.119 e. The van der Waals surface area contributed by atoms with Gasteiger partial charge in [0.05, 0.1) is 7.11 Å². The average Bonchev–Trinajstić information content (AvgIpc) is 2.10. The largest absolute Gasteiger partial charge is 0.497 e. The van der Waals surface area contributed by atoms with Gasteiger partial charge in [0.1, 0.15) is 5.75 Å². The van der Waals surface area contributed by atoms with Gasteiger partial charge in [-0.2, -0.15) is 0 Å². The molecule has 4 heteroatoms. The molecule has 1 aromatic rings. The summed E-state index contributed by atoms with van der Waals surface area (Å²) in [5, 5.41) is 12.0. The third-order valence-corrected chi connectivity index (χ3v) is 1.12. The van der Waals surface area contributed by atoms with Crippen molar-refractivity contribution in [2.45, 2.75) is 0 Å². The first kappa shape index (κ1) is 9.24. The highest BCUT2D eigenvalue weighted by Crippen LogP contribution is 2.11. The quantitative estimate of drug-likeness (QED) is 0.484. The Bertz CT molecular complexity index is 217. The van der Waals surface area contributed by atoms with E-state index in [1.165, 1.54) is 0 Å². The third kappa shape index (κ3) is 3.06. The molecular weight excluding hydrogens is 142 g/mol. The topological polar surface area (TPSA) is 82.8 Å². The van der Waals surface area contributed by atoms with E-state index < -0.39 is 0 Å². The number of nitrogen functional groups attached to an aromatic ring is 1. The van der Waals surface area contributed by atoms with Crippen LogP contribution in [0.3, 0.4) is 0 Å². The first-order chi connectivity index (χ1) is 5.33. The highest BCUT2D eigenvalue weighted by molar-refractivity contribution is 5.41. The van der Waals surface area contributed by atoms with Crippen molar-refractivity contribution in [1.82, 2.24) is 0 Å². The summed E-state index contributed by atoms with van der Waals surface area (Å²) in [4.78, 5) is 0. The first-order valence-electron chi connectivity index (χ1n) is 2.92. The predicted octanol–water partition coefficient (Wildman–Crippen LogP) is 1.31. The summed E-state index contributed by atoms with van der Waals surface area (Å²) in [7, 11) is 1.63. The van der Waals surface area contributed by atoms with Crippen molar-refractivity contribution in [3.05, 3.63) is 24.3 Å². The van der Waals surface area contributed by atoms with Crippen molar-refractivity contribution in [2.75, 3.05) is 12.8 Å². The molecule has 0 radical (unpaired) electrons. The maximum atomic E-state index is 6.00. The van der Waals surface area contributed by atoms with Crippen molar-refractivity contribution in [3.63, 3.8) is 0 Å². The Morgan fingerprint density at radius 2 is 1.64 bits per heavy atom. The molecule has 4 nitrogen and oxygen atoms in total. The van der Waals surface area contributed by atoms with E-state index in [1.807, 2.05) is 12.1 Å². The number of hydrogen-bond acceptors (Lipinski definition) is 4. The highest BCUT2D eigenvalue weighted by Gasteiger charge is 1.85. The fourth-order valence-corrected chi connectivity index (χ4v) is 0.604. The summed E-state index contributed by atoms with van der Waals surface area (Å²) in [5.41, 5.74) is 6.19. The maximum Gasteiger partial charge on any atom is 0.119 e. The molecule has 0 bridgehead atoms. The van der Waals surface area contributed by atoms with Gasteiger partial charge in [-0.25, -0.2) is 0 Å². The number of anilines is 1. The number of nitrogens with zero attached hydrogens (tertiary/aromatic N) is 2. The molecule has 0 saturated carbocycles. The summed E-state index contributed by atoms with van der Waals surface area (Å²) in [6, 6.07) is 7.27. The van der Waals surface area contributed by atoms with Gasteiger partial charge in [0.25, 0.3) is 0 Å². The van der Waals surface area contributed by atoms with Crippen LogP contribution < -0.4 is 10.5 Å². The van der Waals surface area contributed by atoms with Crippen LogP contribution in [0.1, 0.15) is 0 Å². The molecule has 0 aliphatic rings. The SMILES string of the molecule is COc1ccc(N)cc1.N#N. The molecule has 0 amide bonds. The van der Waals surface area contributed by atoms with Crippen LogP contribution >= 0.6 is 0 Å². The Kier molecular flexibility index (Phi) is 4.25. The van der Waals surface area contributed by atoms with Gasteiger partial charge in [-0.15, -0.1) is 0 Å². The Morgan fingerprint density at radius 1 is 1.18 bits per heavy atom. The van der Waals surface area contributed by atoms with E-state index in [-0.39, 0.29) is 0 Å². The molecule has 1 rings (SSSR count). The predicted molar refractivity (Wildman–Crippen MR) is 40.9 cm³/mol. The minimum atomic E-state index is 0.760. The second-order valence-corrected chi connectivity index (χ2v) is 1.77. The van der Waals surface area contributed by atoms with Crippen LogP contribution in [0.5, 0.6) is 5.75 Å². The molecule has 0 saturated heterocycles. The molecule has 0 aromatic heterocycles. The summed E-state index contributed by atoms with van der Waals surface area (Å²) in [6.07, 6.45) is 0. The van der Waals surface area contributed by atoms with Crippen LogP contribution in [0.15, 0.2) is 24.3 Å². The van der Waals surface area contributed by atoms with E-state index >= 15 is 0 Å². The van der Waals surface area contributed by atoms with Gasteiger partial charge in [-0.05, 0) is 24.3 Å². The van der Waals surface area contributed by atoms with Crippen LogP contribution in [0.25, 0.3) is 0 Å². The molecule has 0 aliphatic heterocycles. The molecule has 0 atom stereocenters. The molecule has 0 spiro atoms. The second kappa shape index (κ2) is 5.06. The Morgan fingerprint density at radius 3 is 2.00 bits per heavy atom. The fourth-order valence-electron chi connectivity index (χ4n) is 0.604. The zero-order valence-electron chi connectivity index (χ0n) is 6.19. The number of benzene rings is 1. The Labute approximate surface area is 65.0 Å². The van der Waals surface area contributed by atoms with E-state index in [0.717, 1.165) is 11.4 Å². The second-order valence-electron chi connectivity index (χ2n) is 1.77. The van der Waals surface area contributed by atoms with Crippen LogP contribution in [0, 0.1) is 10.8 Å². The normalized spacial score (nSPS) is 7.55. The molecule has 0 heterocycles. The molecule has 0 fully saturated rings. The maximum absolute atomic E-state index is 6.00. The Balaban J connectivity index is 0.000000461. The van der Waals surface area contributed by atoms with Crippen molar-refractivity contribution in [3.8, 4) is 5.75 Å². The van der Waals surface area contributed by atoms with Gasteiger partial charge in [-0.1, -0.05) is 0 Å². The van der Waals surface area contributed by atoms with Gasteiger partial charge >= 0.3 is 0 Å². The van der Waals surface area contributed by atoms with Crippen molar-refractivity contribution < 1.29 is 4.74 Å². The number of rotatable bonds is 1. The summed E-state index contributed by atoms with van der Waals surface area (Å²) in [5.74, 6) is 0.837. The molecule has 2 N–H and O–H groups in total. The highest BCUT2D eigenvalue weighted by atomic mass is 16.5. The van der Waals surface area contributed by atoms with E-state index in [2.05, 4.69) is 0 Å². The summed E-state index contributed by atoms with van der Waals surface area (Å²) < 4.78 is 4.91. The number of methoxy groups -OCH3 is 1. The lowest BCUT2D eigenvalue weighted by Gasteiger charge is -1.97. The van der Waals surface area contributed by atoms with Crippen LogP contribution in [0.4, 0.5) is 5.69 Å². The zero-order chi connectivity index (χ0) is 8.69. The van der Waals surface area contributed by atoms with Gasteiger partial charge in [0.15, 0.2) is 0 Å². The van der Waals surface area contributed by atoms with Crippen molar-refractivity contribution in [1.29, 1.82) is 10.8 Å². The molecule has 0 aliphatic carbocycles. The van der Waals surface area contributed by atoms with E-state index in [0.29, 0.717) is 0 Å². The number of nitrogens with two attached hydrogens (primary N) is 1. The molecule has 0 unspecified atom stereocenters. The van der Waals surface area contributed by atoms with Crippen molar-refractivity contribution in [2.24, 2.45) is 0 Å². The van der Waals surface area contributed by atoms with Crippen LogP contribution in [-0.2, 0) is 0 Å². The average molecular weight is 151 g/mol.